The van der Waals surface area contributed by atoms with Crippen LogP contribution in [0.2, 0.25) is 0 Å². The molecule has 1 aromatic carbocycles. The summed E-state index contributed by atoms with van der Waals surface area (Å²) in [6, 6.07) is 9.30. The van der Waals surface area contributed by atoms with E-state index in [-0.39, 0.29) is 12.1 Å². The normalized spacial score (nSPS) is 20.2. The molecular formula is C12H15NO2. The van der Waals surface area contributed by atoms with Gasteiger partial charge in [-0.2, -0.15) is 0 Å². The second kappa shape index (κ2) is 4.45. The maximum atomic E-state index is 12.0. The molecule has 1 aliphatic rings. The molecule has 2 rings (SSSR count). The van der Waals surface area contributed by atoms with Crippen molar-refractivity contribution in [1.29, 1.82) is 0 Å². The third-order valence-corrected chi connectivity index (χ3v) is 2.68. The van der Waals surface area contributed by atoms with Crippen molar-refractivity contribution in [1.82, 2.24) is 4.90 Å². The second-order valence-corrected chi connectivity index (χ2v) is 3.75. The number of ether oxygens (including phenoxy) is 1. The predicted molar refractivity (Wildman–Crippen MR) is 57.5 cm³/mol. The van der Waals surface area contributed by atoms with E-state index < -0.39 is 0 Å². The van der Waals surface area contributed by atoms with Crippen molar-refractivity contribution in [2.75, 3.05) is 13.7 Å². The van der Waals surface area contributed by atoms with Crippen molar-refractivity contribution in [3.8, 4) is 0 Å². The Hall–Kier alpha value is -1.35. The average Bonchev–Trinajstić information content (AvgIpc) is 2.82. The van der Waals surface area contributed by atoms with Crippen molar-refractivity contribution in [2.45, 2.75) is 19.1 Å². The molecule has 1 aromatic rings. The summed E-state index contributed by atoms with van der Waals surface area (Å²) in [7, 11) is 1.80. The molecule has 0 bridgehead atoms. The molecule has 3 heteroatoms. The number of nitrogens with zero attached hydrogens (tertiary/aromatic N) is 1. The quantitative estimate of drug-likeness (QED) is 0.738. The third-order valence-electron chi connectivity index (χ3n) is 2.68. The van der Waals surface area contributed by atoms with Gasteiger partial charge >= 0.3 is 0 Å². The highest BCUT2D eigenvalue weighted by Crippen LogP contribution is 2.17. The van der Waals surface area contributed by atoms with Crippen molar-refractivity contribution in [3.05, 3.63) is 35.9 Å². The Morgan fingerprint density at radius 3 is 2.73 bits per heavy atom. The number of hydrogen-bond acceptors (Lipinski definition) is 2. The zero-order chi connectivity index (χ0) is 10.7. The molecule has 0 aromatic heterocycles. The van der Waals surface area contributed by atoms with Crippen LogP contribution >= 0.6 is 0 Å². The molecule has 0 aliphatic carbocycles. The topological polar surface area (TPSA) is 29.5 Å². The summed E-state index contributed by atoms with van der Waals surface area (Å²) in [6.07, 6.45) is 1.93. The SMILES string of the molecule is CN(C(=O)c1ccccc1)C1CCCO1. The smallest absolute Gasteiger partial charge is 0.255 e. The maximum Gasteiger partial charge on any atom is 0.255 e. The summed E-state index contributed by atoms with van der Waals surface area (Å²) in [6.45, 7) is 0.761. The van der Waals surface area contributed by atoms with Gasteiger partial charge in [0.05, 0.1) is 0 Å². The van der Waals surface area contributed by atoms with Crippen molar-refractivity contribution in [2.24, 2.45) is 0 Å². The molecule has 3 nitrogen and oxygen atoms in total. The van der Waals surface area contributed by atoms with Gasteiger partial charge < -0.3 is 9.64 Å². The van der Waals surface area contributed by atoms with E-state index in [9.17, 15) is 4.79 Å². The van der Waals surface area contributed by atoms with E-state index in [2.05, 4.69) is 0 Å². The number of benzene rings is 1. The number of amides is 1. The fraction of sp³-hybridized carbons (Fsp3) is 0.417. The Labute approximate surface area is 89.7 Å². The Bertz CT molecular complexity index is 331. The highest BCUT2D eigenvalue weighted by molar-refractivity contribution is 5.94. The Kier molecular flexibility index (Phi) is 3.02. The van der Waals surface area contributed by atoms with Gasteiger partial charge in [0.15, 0.2) is 0 Å². The zero-order valence-electron chi connectivity index (χ0n) is 8.85. The molecule has 0 spiro atoms. The summed E-state index contributed by atoms with van der Waals surface area (Å²) in [5, 5.41) is 0. The highest BCUT2D eigenvalue weighted by atomic mass is 16.5. The summed E-state index contributed by atoms with van der Waals surface area (Å²) < 4.78 is 5.46. The first-order valence-corrected chi connectivity index (χ1v) is 5.23. The van der Waals surface area contributed by atoms with Crippen LogP contribution in [0.5, 0.6) is 0 Å². The van der Waals surface area contributed by atoms with Crippen LogP contribution in [0.3, 0.4) is 0 Å². The molecule has 80 valence electrons. The van der Waals surface area contributed by atoms with Gasteiger partial charge in [-0.25, -0.2) is 0 Å². The molecule has 1 atom stereocenters. The molecule has 0 saturated carbocycles. The van der Waals surface area contributed by atoms with Crippen molar-refractivity contribution >= 4 is 5.91 Å². The van der Waals surface area contributed by atoms with E-state index in [0.717, 1.165) is 25.0 Å². The molecule has 1 unspecified atom stereocenters. The van der Waals surface area contributed by atoms with Gasteiger partial charge in [-0.05, 0) is 25.0 Å². The van der Waals surface area contributed by atoms with Crippen molar-refractivity contribution < 1.29 is 9.53 Å². The van der Waals surface area contributed by atoms with Gasteiger partial charge in [0, 0.05) is 19.2 Å². The van der Waals surface area contributed by atoms with Crippen LogP contribution in [0.15, 0.2) is 30.3 Å². The number of carbonyl (C=O) groups is 1. The van der Waals surface area contributed by atoms with E-state index in [0.29, 0.717) is 0 Å². The molecule has 1 amide bonds. The minimum Gasteiger partial charge on any atom is -0.358 e. The molecule has 1 saturated heterocycles. The number of rotatable bonds is 2. The lowest BCUT2D eigenvalue weighted by Crippen LogP contribution is -2.36. The number of hydrogen-bond donors (Lipinski definition) is 0. The fourth-order valence-corrected chi connectivity index (χ4v) is 1.78. The predicted octanol–water partition coefficient (Wildman–Crippen LogP) is 1.90. The van der Waals surface area contributed by atoms with Gasteiger partial charge in [-0.1, -0.05) is 18.2 Å². The van der Waals surface area contributed by atoms with Crippen molar-refractivity contribution in [3.63, 3.8) is 0 Å². The third kappa shape index (κ3) is 2.18. The minimum atomic E-state index is -0.0438. The van der Waals surface area contributed by atoms with E-state index in [1.807, 2.05) is 30.3 Å². The molecule has 1 aliphatic heterocycles. The maximum absolute atomic E-state index is 12.0. The lowest BCUT2D eigenvalue weighted by atomic mass is 10.2. The summed E-state index contributed by atoms with van der Waals surface area (Å²) in [5.41, 5.74) is 0.718. The van der Waals surface area contributed by atoms with E-state index in [1.165, 1.54) is 0 Å². The largest absolute Gasteiger partial charge is 0.358 e. The van der Waals surface area contributed by atoms with Crippen LogP contribution < -0.4 is 0 Å². The van der Waals surface area contributed by atoms with E-state index in [4.69, 9.17) is 4.74 Å². The van der Waals surface area contributed by atoms with Crippen LogP contribution in [0.4, 0.5) is 0 Å². The van der Waals surface area contributed by atoms with Gasteiger partial charge in [0.25, 0.3) is 5.91 Å². The average molecular weight is 205 g/mol. The Morgan fingerprint density at radius 2 is 2.13 bits per heavy atom. The van der Waals surface area contributed by atoms with Crippen LogP contribution in [0, 0.1) is 0 Å². The Morgan fingerprint density at radius 1 is 1.40 bits per heavy atom. The molecular weight excluding hydrogens is 190 g/mol. The first-order valence-electron chi connectivity index (χ1n) is 5.23. The number of carbonyl (C=O) groups excluding carboxylic acids is 1. The van der Waals surface area contributed by atoms with Crippen LogP contribution in [-0.4, -0.2) is 30.7 Å². The van der Waals surface area contributed by atoms with E-state index in [1.54, 1.807) is 11.9 Å². The molecule has 0 N–H and O–H groups in total. The summed E-state index contributed by atoms with van der Waals surface area (Å²) >= 11 is 0. The standard InChI is InChI=1S/C12H15NO2/c1-13(11-8-5-9-15-11)12(14)10-6-3-2-4-7-10/h2-4,6-7,11H,5,8-9H2,1H3. The van der Waals surface area contributed by atoms with E-state index >= 15 is 0 Å². The summed E-state index contributed by atoms with van der Waals surface area (Å²) in [5.74, 6) is 0.0301. The van der Waals surface area contributed by atoms with Crippen LogP contribution in [0.1, 0.15) is 23.2 Å². The highest BCUT2D eigenvalue weighted by Gasteiger charge is 2.24. The molecule has 0 radical (unpaired) electrons. The van der Waals surface area contributed by atoms with Crippen LogP contribution in [0.25, 0.3) is 0 Å². The minimum absolute atomic E-state index is 0.0301. The fourth-order valence-electron chi connectivity index (χ4n) is 1.78. The monoisotopic (exact) mass is 205 g/mol. The van der Waals surface area contributed by atoms with Gasteiger partial charge in [-0.15, -0.1) is 0 Å². The summed E-state index contributed by atoms with van der Waals surface area (Å²) in [4.78, 5) is 13.7. The van der Waals surface area contributed by atoms with Crippen LogP contribution in [-0.2, 0) is 4.74 Å². The molecule has 1 fully saturated rings. The Balaban J connectivity index is 2.07. The second-order valence-electron chi connectivity index (χ2n) is 3.75. The lowest BCUT2D eigenvalue weighted by molar-refractivity contribution is 0.000879. The first kappa shape index (κ1) is 10.2. The lowest BCUT2D eigenvalue weighted by Gasteiger charge is -2.23. The van der Waals surface area contributed by atoms with Gasteiger partial charge in [0.2, 0.25) is 0 Å². The molecule has 15 heavy (non-hydrogen) atoms. The molecule has 1 heterocycles. The zero-order valence-corrected chi connectivity index (χ0v) is 8.85. The first-order chi connectivity index (χ1) is 7.29. The van der Waals surface area contributed by atoms with Gasteiger partial charge in [-0.3, -0.25) is 4.79 Å². The van der Waals surface area contributed by atoms with Gasteiger partial charge in [0.1, 0.15) is 6.23 Å².